The topological polar surface area (TPSA) is 64.0 Å². The Morgan fingerprint density at radius 3 is 2.33 bits per heavy atom. The van der Waals surface area contributed by atoms with E-state index in [9.17, 15) is 9.59 Å². The fourth-order valence-corrected chi connectivity index (χ4v) is 4.45. The van der Waals surface area contributed by atoms with E-state index in [1.807, 2.05) is 60.7 Å². The van der Waals surface area contributed by atoms with Crippen LogP contribution in [0.25, 0.3) is 0 Å². The molecule has 1 atom stereocenters. The summed E-state index contributed by atoms with van der Waals surface area (Å²) in [5.74, 6) is 0.600. The maximum Gasteiger partial charge on any atom is 0.254 e. The summed E-state index contributed by atoms with van der Waals surface area (Å²) in [5, 5.41) is 3.83. The van der Waals surface area contributed by atoms with Crippen LogP contribution in [0.1, 0.15) is 29.6 Å². The summed E-state index contributed by atoms with van der Waals surface area (Å²) < 4.78 is 1.63. The Balaban J connectivity index is 1.55. The summed E-state index contributed by atoms with van der Waals surface area (Å²) >= 11 is 1.52. The van der Waals surface area contributed by atoms with Gasteiger partial charge in [-0.3, -0.25) is 14.2 Å². The smallest absolute Gasteiger partial charge is 0.254 e. The van der Waals surface area contributed by atoms with E-state index in [2.05, 4.69) is 10.3 Å². The predicted molar refractivity (Wildman–Crippen MR) is 106 cm³/mol. The fraction of sp³-hybridized carbons (Fsp3) is 0.190. The fourth-order valence-electron chi connectivity index (χ4n) is 3.32. The quantitative estimate of drug-likeness (QED) is 0.694. The van der Waals surface area contributed by atoms with E-state index in [4.69, 9.17) is 0 Å². The molecular formula is C21H19N3O2S. The molecule has 1 amide bonds. The van der Waals surface area contributed by atoms with E-state index in [1.165, 1.54) is 24.0 Å². The summed E-state index contributed by atoms with van der Waals surface area (Å²) in [4.78, 5) is 29.2. The van der Waals surface area contributed by atoms with E-state index in [0.717, 1.165) is 11.1 Å². The maximum absolute atomic E-state index is 12.8. The molecule has 136 valence electrons. The van der Waals surface area contributed by atoms with Crippen molar-refractivity contribution in [3.63, 3.8) is 0 Å². The molecule has 1 aliphatic heterocycles. The summed E-state index contributed by atoms with van der Waals surface area (Å²) in [6.45, 7) is 0. The van der Waals surface area contributed by atoms with Crippen molar-refractivity contribution in [1.29, 1.82) is 0 Å². The number of nitrogens with one attached hydrogen (secondary N) is 1. The average Bonchev–Trinajstić information content (AvgIpc) is 3.11. The van der Waals surface area contributed by atoms with Gasteiger partial charge in [-0.05, 0) is 11.1 Å². The number of hydrogen-bond donors (Lipinski definition) is 1. The third-order valence-corrected chi connectivity index (χ3v) is 5.72. The van der Waals surface area contributed by atoms with Crippen molar-refractivity contribution in [1.82, 2.24) is 14.9 Å². The number of hydrogen-bond acceptors (Lipinski definition) is 4. The predicted octanol–water partition coefficient (Wildman–Crippen LogP) is 3.19. The second-order valence-corrected chi connectivity index (χ2v) is 7.41. The van der Waals surface area contributed by atoms with E-state index < -0.39 is 0 Å². The molecule has 0 bridgehead atoms. The van der Waals surface area contributed by atoms with Gasteiger partial charge in [0.25, 0.3) is 5.56 Å². The van der Waals surface area contributed by atoms with E-state index in [-0.39, 0.29) is 30.0 Å². The first kappa shape index (κ1) is 17.5. The molecule has 1 aliphatic rings. The third-order valence-electron chi connectivity index (χ3n) is 4.61. The monoisotopic (exact) mass is 377 g/mol. The number of nitrogens with zero attached hydrogens (tertiary/aromatic N) is 2. The molecule has 2 heterocycles. The lowest BCUT2D eigenvalue weighted by Crippen LogP contribution is -2.33. The number of benzene rings is 2. The lowest BCUT2D eigenvalue weighted by atomic mass is 9.98. The van der Waals surface area contributed by atoms with Gasteiger partial charge in [-0.15, -0.1) is 0 Å². The molecule has 1 aromatic heterocycles. The highest BCUT2D eigenvalue weighted by Gasteiger charge is 2.27. The highest BCUT2D eigenvalue weighted by Crippen LogP contribution is 2.32. The molecule has 0 aliphatic carbocycles. The van der Waals surface area contributed by atoms with Crippen LogP contribution in [-0.2, 0) is 4.79 Å². The number of rotatable bonds is 5. The van der Waals surface area contributed by atoms with Crippen molar-refractivity contribution in [2.75, 3.05) is 5.75 Å². The van der Waals surface area contributed by atoms with Gasteiger partial charge in [0, 0.05) is 24.4 Å². The number of amides is 1. The zero-order valence-electron chi connectivity index (χ0n) is 14.6. The van der Waals surface area contributed by atoms with Crippen LogP contribution in [-0.4, -0.2) is 21.2 Å². The average molecular weight is 377 g/mol. The van der Waals surface area contributed by atoms with Crippen LogP contribution >= 0.6 is 11.8 Å². The van der Waals surface area contributed by atoms with Crippen LogP contribution in [0, 0.1) is 0 Å². The Labute approximate surface area is 161 Å². The van der Waals surface area contributed by atoms with Crippen molar-refractivity contribution >= 4 is 17.7 Å². The molecule has 5 nitrogen and oxygen atoms in total. The molecular weight excluding hydrogens is 358 g/mol. The van der Waals surface area contributed by atoms with E-state index in [1.54, 1.807) is 4.57 Å². The molecule has 0 saturated heterocycles. The standard InChI is InChI=1S/C21H19N3O2S/c25-18(13-17-14-27-21-22-12-11-19(26)24(17)21)23-20(15-7-3-1-4-8-15)16-9-5-2-6-10-16/h1-12,17,20H,13-14H2,(H,23,25)/t17-/m1/s1. The summed E-state index contributed by atoms with van der Waals surface area (Å²) in [5.41, 5.74) is 1.94. The zero-order valence-corrected chi connectivity index (χ0v) is 15.4. The van der Waals surface area contributed by atoms with Gasteiger partial charge >= 0.3 is 0 Å². The van der Waals surface area contributed by atoms with Gasteiger partial charge in [0.1, 0.15) is 0 Å². The van der Waals surface area contributed by atoms with E-state index in [0.29, 0.717) is 10.9 Å². The number of aromatic nitrogens is 2. The number of carbonyl (C=O) groups is 1. The van der Waals surface area contributed by atoms with Gasteiger partial charge in [-0.25, -0.2) is 4.98 Å². The van der Waals surface area contributed by atoms with E-state index >= 15 is 0 Å². The van der Waals surface area contributed by atoms with Gasteiger partial charge in [0.05, 0.1) is 12.1 Å². The van der Waals surface area contributed by atoms with Crippen molar-refractivity contribution in [2.24, 2.45) is 0 Å². The van der Waals surface area contributed by atoms with Gasteiger partial charge in [-0.1, -0.05) is 72.4 Å². The van der Waals surface area contributed by atoms with Crippen LogP contribution in [0.2, 0.25) is 0 Å². The number of carbonyl (C=O) groups excluding carboxylic acids is 1. The Bertz CT molecular complexity index is 950. The summed E-state index contributed by atoms with van der Waals surface area (Å²) in [7, 11) is 0. The molecule has 0 unspecified atom stereocenters. The molecule has 6 heteroatoms. The molecule has 4 rings (SSSR count). The molecule has 0 radical (unpaired) electrons. The molecule has 0 saturated carbocycles. The Kier molecular flexibility index (Phi) is 5.07. The number of thioether (sulfide) groups is 1. The normalized spacial score (nSPS) is 15.5. The van der Waals surface area contributed by atoms with Crippen molar-refractivity contribution in [3.05, 3.63) is 94.4 Å². The van der Waals surface area contributed by atoms with Crippen molar-refractivity contribution in [3.8, 4) is 0 Å². The molecule has 0 fully saturated rings. The largest absolute Gasteiger partial charge is 0.345 e. The lowest BCUT2D eigenvalue weighted by molar-refractivity contribution is -0.122. The zero-order chi connectivity index (χ0) is 18.6. The third kappa shape index (κ3) is 3.80. The van der Waals surface area contributed by atoms with Gasteiger partial charge in [0.2, 0.25) is 5.91 Å². The first-order valence-corrected chi connectivity index (χ1v) is 9.80. The molecule has 27 heavy (non-hydrogen) atoms. The summed E-state index contributed by atoms with van der Waals surface area (Å²) in [6.07, 6.45) is 1.77. The highest BCUT2D eigenvalue weighted by molar-refractivity contribution is 7.99. The first-order valence-electron chi connectivity index (χ1n) is 8.82. The minimum absolute atomic E-state index is 0.0816. The van der Waals surface area contributed by atoms with Crippen LogP contribution in [0.3, 0.4) is 0 Å². The molecule has 3 aromatic rings. The Morgan fingerprint density at radius 2 is 1.70 bits per heavy atom. The second-order valence-electron chi connectivity index (χ2n) is 6.43. The van der Waals surface area contributed by atoms with Crippen molar-refractivity contribution < 1.29 is 4.79 Å². The van der Waals surface area contributed by atoms with Crippen LogP contribution in [0.4, 0.5) is 0 Å². The minimum atomic E-state index is -0.223. The molecule has 0 spiro atoms. The number of fused-ring (bicyclic) bond motifs is 1. The van der Waals surface area contributed by atoms with Crippen molar-refractivity contribution in [2.45, 2.75) is 23.7 Å². The van der Waals surface area contributed by atoms with Gasteiger partial charge in [-0.2, -0.15) is 0 Å². The van der Waals surface area contributed by atoms with Crippen LogP contribution < -0.4 is 10.9 Å². The van der Waals surface area contributed by atoms with Gasteiger partial charge < -0.3 is 5.32 Å². The van der Waals surface area contributed by atoms with Crippen LogP contribution in [0.15, 0.2) is 82.9 Å². The SMILES string of the molecule is O=C(C[C@@H]1CSc2nccc(=O)n21)NC(c1ccccc1)c1ccccc1. The highest BCUT2D eigenvalue weighted by atomic mass is 32.2. The van der Waals surface area contributed by atoms with Gasteiger partial charge in [0.15, 0.2) is 5.16 Å². The minimum Gasteiger partial charge on any atom is -0.345 e. The summed E-state index contributed by atoms with van der Waals surface area (Å²) in [6, 6.07) is 20.9. The molecule has 1 N–H and O–H groups in total. The first-order chi connectivity index (χ1) is 13.2. The lowest BCUT2D eigenvalue weighted by Gasteiger charge is -2.21. The maximum atomic E-state index is 12.8. The second kappa shape index (κ2) is 7.80. The Hall–Kier alpha value is -2.86. The van der Waals surface area contributed by atoms with Crippen LogP contribution in [0.5, 0.6) is 0 Å². The Morgan fingerprint density at radius 1 is 1.07 bits per heavy atom. The molecule has 2 aromatic carbocycles.